The molecular formula is C15H19N3O3. The molecule has 6 heteroatoms. The molecule has 0 saturated carbocycles. The Labute approximate surface area is 122 Å². The second-order valence-corrected chi connectivity index (χ2v) is 5.04. The van der Waals surface area contributed by atoms with Gasteiger partial charge in [-0.2, -0.15) is 0 Å². The first-order valence-corrected chi connectivity index (χ1v) is 6.91. The van der Waals surface area contributed by atoms with Crippen molar-refractivity contribution in [3.8, 4) is 0 Å². The van der Waals surface area contributed by atoms with E-state index < -0.39 is 0 Å². The fraction of sp³-hybridized carbons (Fsp3) is 0.400. The summed E-state index contributed by atoms with van der Waals surface area (Å²) in [4.78, 5) is 22.0. The van der Waals surface area contributed by atoms with Crippen LogP contribution in [0.1, 0.15) is 23.2 Å². The van der Waals surface area contributed by atoms with Gasteiger partial charge in [0.15, 0.2) is 5.58 Å². The topological polar surface area (TPSA) is 84.2 Å². The Balaban J connectivity index is 1.97. The van der Waals surface area contributed by atoms with Gasteiger partial charge >= 0.3 is 0 Å². The van der Waals surface area contributed by atoms with E-state index in [9.17, 15) is 9.59 Å². The zero-order valence-electron chi connectivity index (χ0n) is 12.2. The summed E-state index contributed by atoms with van der Waals surface area (Å²) in [5, 5.41) is 10.3. The summed E-state index contributed by atoms with van der Waals surface area (Å²) >= 11 is 0. The molecule has 21 heavy (non-hydrogen) atoms. The number of nitrogens with zero attached hydrogens (tertiary/aromatic N) is 1. The highest BCUT2D eigenvalue weighted by molar-refractivity contribution is 5.88. The van der Waals surface area contributed by atoms with Crippen LogP contribution in [0.2, 0.25) is 0 Å². The zero-order chi connectivity index (χ0) is 15.2. The SMILES string of the molecule is Cc1cc(C)c2c(CC(=O)NCCCNC=O)noc2c1. The minimum atomic E-state index is -0.101. The molecule has 112 valence electrons. The van der Waals surface area contributed by atoms with Crippen molar-refractivity contribution in [1.29, 1.82) is 0 Å². The lowest BCUT2D eigenvalue weighted by Crippen LogP contribution is -2.28. The van der Waals surface area contributed by atoms with Gasteiger partial charge in [0.25, 0.3) is 0 Å². The third kappa shape index (κ3) is 3.81. The number of carbonyl (C=O) groups is 2. The molecule has 1 heterocycles. The number of hydrogen-bond acceptors (Lipinski definition) is 4. The van der Waals surface area contributed by atoms with Gasteiger partial charge in [-0.05, 0) is 37.5 Å². The summed E-state index contributed by atoms with van der Waals surface area (Å²) in [6.07, 6.45) is 1.54. The molecule has 0 unspecified atom stereocenters. The minimum absolute atomic E-state index is 0.101. The fourth-order valence-corrected chi connectivity index (χ4v) is 2.33. The highest BCUT2D eigenvalue weighted by Crippen LogP contribution is 2.24. The molecular weight excluding hydrogens is 270 g/mol. The highest BCUT2D eigenvalue weighted by Gasteiger charge is 2.14. The number of rotatable bonds is 7. The number of fused-ring (bicyclic) bond motifs is 1. The van der Waals surface area contributed by atoms with Gasteiger partial charge in [-0.15, -0.1) is 0 Å². The Morgan fingerprint density at radius 3 is 2.90 bits per heavy atom. The summed E-state index contributed by atoms with van der Waals surface area (Å²) in [5.41, 5.74) is 3.54. The van der Waals surface area contributed by atoms with Gasteiger partial charge in [0.05, 0.1) is 6.42 Å². The predicted octanol–water partition coefficient (Wildman–Crippen LogP) is 1.24. The smallest absolute Gasteiger partial charge is 0.226 e. The number of benzene rings is 1. The molecule has 0 bridgehead atoms. The Morgan fingerprint density at radius 2 is 2.14 bits per heavy atom. The summed E-state index contributed by atoms with van der Waals surface area (Å²) < 4.78 is 5.29. The number of hydrogen-bond donors (Lipinski definition) is 2. The van der Waals surface area contributed by atoms with Gasteiger partial charge in [-0.25, -0.2) is 0 Å². The maximum atomic E-state index is 11.9. The lowest BCUT2D eigenvalue weighted by Gasteiger charge is -2.04. The second-order valence-electron chi connectivity index (χ2n) is 5.04. The third-order valence-corrected chi connectivity index (χ3v) is 3.22. The lowest BCUT2D eigenvalue weighted by atomic mass is 10.0. The van der Waals surface area contributed by atoms with Crippen molar-refractivity contribution in [2.24, 2.45) is 0 Å². The largest absolute Gasteiger partial charge is 0.359 e. The molecule has 0 spiro atoms. The quantitative estimate of drug-likeness (QED) is 0.593. The average Bonchev–Trinajstić information content (AvgIpc) is 2.81. The zero-order valence-corrected chi connectivity index (χ0v) is 12.2. The lowest BCUT2D eigenvalue weighted by molar-refractivity contribution is -0.120. The van der Waals surface area contributed by atoms with Gasteiger partial charge in [0.1, 0.15) is 5.69 Å². The van der Waals surface area contributed by atoms with E-state index in [1.54, 1.807) is 0 Å². The van der Waals surface area contributed by atoms with Crippen molar-refractivity contribution in [3.05, 3.63) is 29.0 Å². The molecule has 0 atom stereocenters. The van der Waals surface area contributed by atoms with Crippen molar-refractivity contribution in [2.75, 3.05) is 13.1 Å². The number of nitrogens with one attached hydrogen (secondary N) is 2. The molecule has 1 aromatic heterocycles. The van der Waals surface area contributed by atoms with E-state index in [4.69, 9.17) is 4.52 Å². The van der Waals surface area contributed by atoms with Crippen LogP contribution in [0.3, 0.4) is 0 Å². The van der Waals surface area contributed by atoms with Crippen molar-refractivity contribution in [2.45, 2.75) is 26.7 Å². The maximum absolute atomic E-state index is 11.9. The first-order chi connectivity index (χ1) is 10.1. The van der Waals surface area contributed by atoms with Crippen LogP contribution in [0.15, 0.2) is 16.7 Å². The van der Waals surface area contributed by atoms with Gasteiger partial charge in [0, 0.05) is 18.5 Å². The van der Waals surface area contributed by atoms with Gasteiger partial charge in [-0.3, -0.25) is 9.59 Å². The van der Waals surface area contributed by atoms with Crippen LogP contribution in [-0.2, 0) is 16.0 Å². The molecule has 0 aliphatic rings. The molecule has 0 aliphatic heterocycles. The maximum Gasteiger partial charge on any atom is 0.226 e. The van der Waals surface area contributed by atoms with Crippen LogP contribution in [0.4, 0.5) is 0 Å². The molecule has 2 N–H and O–H groups in total. The van der Waals surface area contributed by atoms with Crippen LogP contribution in [-0.4, -0.2) is 30.6 Å². The number of amides is 2. The van der Waals surface area contributed by atoms with Crippen molar-refractivity contribution >= 4 is 23.3 Å². The van der Waals surface area contributed by atoms with Gasteiger partial charge in [-0.1, -0.05) is 11.2 Å². The first kappa shape index (κ1) is 15.0. The van der Waals surface area contributed by atoms with Gasteiger partial charge in [0.2, 0.25) is 12.3 Å². The second kappa shape index (κ2) is 6.88. The normalized spacial score (nSPS) is 10.6. The number of aromatic nitrogens is 1. The molecule has 0 aliphatic carbocycles. The number of aryl methyl sites for hydroxylation is 2. The van der Waals surface area contributed by atoms with Crippen LogP contribution in [0.5, 0.6) is 0 Å². The van der Waals surface area contributed by atoms with Crippen molar-refractivity contribution in [1.82, 2.24) is 15.8 Å². The van der Waals surface area contributed by atoms with E-state index in [-0.39, 0.29) is 12.3 Å². The standard InChI is InChI=1S/C15H19N3O3/c1-10-6-11(2)15-12(18-21-13(15)7-10)8-14(20)17-5-3-4-16-9-19/h6-7,9H,3-5,8H2,1-2H3,(H,16,19)(H,17,20). The van der Waals surface area contributed by atoms with E-state index in [1.165, 1.54) is 0 Å². The summed E-state index contributed by atoms with van der Waals surface area (Å²) in [6, 6.07) is 3.97. The predicted molar refractivity (Wildman–Crippen MR) is 78.9 cm³/mol. The molecule has 0 fully saturated rings. The van der Waals surface area contributed by atoms with Crippen molar-refractivity contribution in [3.63, 3.8) is 0 Å². The van der Waals surface area contributed by atoms with Crippen LogP contribution < -0.4 is 10.6 Å². The van der Waals surface area contributed by atoms with E-state index in [0.717, 1.165) is 16.5 Å². The fourth-order valence-electron chi connectivity index (χ4n) is 2.33. The first-order valence-electron chi connectivity index (χ1n) is 6.91. The molecule has 0 saturated heterocycles. The van der Waals surface area contributed by atoms with Gasteiger partial charge < -0.3 is 15.2 Å². The molecule has 1 aromatic carbocycles. The van der Waals surface area contributed by atoms with Crippen LogP contribution in [0.25, 0.3) is 11.0 Å². The van der Waals surface area contributed by atoms with E-state index in [1.807, 2.05) is 26.0 Å². The van der Waals surface area contributed by atoms with Crippen molar-refractivity contribution < 1.29 is 14.1 Å². The van der Waals surface area contributed by atoms with Crippen LogP contribution in [0, 0.1) is 13.8 Å². The average molecular weight is 289 g/mol. The summed E-state index contributed by atoms with van der Waals surface area (Å²) in [7, 11) is 0. The summed E-state index contributed by atoms with van der Waals surface area (Å²) in [6.45, 7) is 5.05. The molecule has 2 aromatic rings. The van der Waals surface area contributed by atoms with E-state index in [0.29, 0.717) is 37.2 Å². The monoisotopic (exact) mass is 289 g/mol. The van der Waals surface area contributed by atoms with Crippen LogP contribution >= 0.6 is 0 Å². The molecule has 2 amide bonds. The highest BCUT2D eigenvalue weighted by atomic mass is 16.5. The van der Waals surface area contributed by atoms with E-state index in [2.05, 4.69) is 15.8 Å². The molecule has 0 radical (unpaired) electrons. The Hall–Kier alpha value is -2.37. The minimum Gasteiger partial charge on any atom is -0.359 e. The summed E-state index contributed by atoms with van der Waals surface area (Å²) in [5.74, 6) is -0.101. The Morgan fingerprint density at radius 1 is 1.33 bits per heavy atom. The van der Waals surface area contributed by atoms with E-state index >= 15 is 0 Å². The number of carbonyl (C=O) groups excluding carboxylic acids is 2. The Kier molecular flexibility index (Phi) is 4.92. The third-order valence-electron chi connectivity index (χ3n) is 3.22. The Bertz CT molecular complexity index is 649. The molecule has 6 nitrogen and oxygen atoms in total. The molecule has 2 rings (SSSR count).